The summed E-state index contributed by atoms with van der Waals surface area (Å²) in [6, 6.07) is 27.8. The van der Waals surface area contributed by atoms with Gasteiger partial charge in [0.2, 0.25) is 0 Å². The van der Waals surface area contributed by atoms with Crippen LogP contribution in [0.3, 0.4) is 0 Å². The van der Waals surface area contributed by atoms with Crippen molar-refractivity contribution < 1.29 is 14.7 Å². The Morgan fingerprint density at radius 3 is 2.48 bits per heavy atom. The van der Waals surface area contributed by atoms with Crippen LogP contribution in [0.4, 0.5) is 0 Å². The Labute approximate surface area is 200 Å². The van der Waals surface area contributed by atoms with E-state index in [-0.39, 0.29) is 12.7 Å². The molecule has 4 rings (SSSR count). The van der Waals surface area contributed by atoms with Crippen LogP contribution in [0, 0.1) is 0 Å². The molecule has 3 aromatic rings. The first-order valence-corrected chi connectivity index (χ1v) is 11.6. The number of benzene rings is 3. The summed E-state index contributed by atoms with van der Waals surface area (Å²) < 4.78 is 5.74. The average Bonchev–Trinajstić information content (AvgIpc) is 3.29. The SMILES string of the molecule is O[C@@H](COCc1ccccc1)CN(Cc1cccc(Cl)c1)C[C@@H]1CC(c2ccccc2)=NO1. The molecule has 0 aliphatic carbocycles. The van der Waals surface area contributed by atoms with Gasteiger partial charge in [0, 0.05) is 31.1 Å². The van der Waals surface area contributed by atoms with Crippen molar-refractivity contribution in [1.82, 2.24) is 4.90 Å². The zero-order chi connectivity index (χ0) is 22.9. The molecule has 0 spiro atoms. The Bertz CT molecular complexity index is 1030. The van der Waals surface area contributed by atoms with Gasteiger partial charge in [-0.2, -0.15) is 0 Å². The largest absolute Gasteiger partial charge is 0.390 e. The first-order chi connectivity index (χ1) is 16.2. The summed E-state index contributed by atoms with van der Waals surface area (Å²) in [5.74, 6) is 0. The summed E-state index contributed by atoms with van der Waals surface area (Å²) in [6.45, 7) is 2.49. The Balaban J connectivity index is 1.34. The lowest BCUT2D eigenvalue weighted by molar-refractivity contribution is -0.00648. The summed E-state index contributed by atoms with van der Waals surface area (Å²) >= 11 is 6.19. The molecule has 33 heavy (non-hydrogen) atoms. The van der Waals surface area contributed by atoms with Crippen molar-refractivity contribution in [3.8, 4) is 0 Å². The van der Waals surface area contributed by atoms with Crippen LogP contribution in [0.2, 0.25) is 5.02 Å². The lowest BCUT2D eigenvalue weighted by Crippen LogP contribution is -2.39. The van der Waals surface area contributed by atoms with E-state index in [0.717, 1.165) is 28.8 Å². The molecule has 0 radical (unpaired) electrons. The number of hydrogen-bond acceptors (Lipinski definition) is 5. The minimum absolute atomic E-state index is 0.0724. The van der Waals surface area contributed by atoms with Crippen molar-refractivity contribution in [2.24, 2.45) is 5.16 Å². The highest BCUT2D eigenvalue weighted by atomic mass is 35.5. The lowest BCUT2D eigenvalue weighted by atomic mass is 10.0. The zero-order valence-corrected chi connectivity index (χ0v) is 19.3. The van der Waals surface area contributed by atoms with Gasteiger partial charge in [-0.3, -0.25) is 4.90 Å². The van der Waals surface area contributed by atoms with Crippen molar-refractivity contribution >= 4 is 17.3 Å². The predicted molar refractivity (Wildman–Crippen MR) is 131 cm³/mol. The molecular formula is C27H29ClN2O3. The van der Waals surface area contributed by atoms with Gasteiger partial charge < -0.3 is 14.7 Å². The van der Waals surface area contributed by atoms with Crippen LogP contribution in [0.1, 0.15) is 23.1 Å². The fraction of sp³-hybridized carbons (Fsp3) is 0.296. The Morgan fingerprint density at radius 1 is 1.00 bits per heavy atom. The van der Waals surface area contributed by atoms with Crippen molar-refractivity contribution in [3.63, 3.8) is 0 Å². The number of oxime groups is 1. The second kappa shape index (κ2) is 12.0. The second-order valence-corrected chi connectivity index (χ2v) is 8.75. The van der Waals surface area contributed by atoms with Crippen LogP contribution >= 0.6 is 11.6 Å². The monoisotopic (exact) mass is 464 g/mol. The molecule has 1 heterocycles. The van der Waals surface area contributed by atoms with Gasteiger partial charge >= 0.3 is 0 Å². The van der Waals surface area contributed by atoms with Crippen LogP contribution in [0.5, 0.6) is 0 Å². The number of hydrogen-bond donors (Lipinski definition) is 1. The highest BCUT2D eigenvalue weighted by Gasteiger charge is 2.25. The second-order valence-electron chi connectivity index (χ2n) is 8.31. The highest BCUT2D eigenvalue weighted by molar-refractivity contribution is 6.30. The average molecular weight is 465 g/mol. The Morgan fingerprint density at radius 2 is 1.73 bits per heavy atom. The number of rotatable bonds is 11. The van der Waals surface area contributed by atoms with Gasteiger partial charge in [0.15, 0.2) is 0 Å². The first kappa shape index (κ1) is 23.5. The quantitative estimate of drug-likeness (QED) is 0.438. The van der Waals surface area contributed by atoms with Crippen molar-refractivity contribution in [3.05, 3.63) is 107 Å². The molecular weight excluding hydrogens is 436 g/mol. The molecule has 1 N–H and O–H groups in total. The van der Waals surface area contributed by atoms with Gasteiger partial charge in [-0.1, -0.05) is 89.6 Å². The summed E-state index contributed by atoms with van der Waals surface area (Å²) in [7, 11) is 0. The Hall–Kier alpha value is -2.70. The fourth-order valence-corrected chi connectivity index (χ4v) is 4.16. The number of aliphatic hydroxyl groups is 1. The summed E-state index contributed by atoms with van der Waals surface area (Å²) in [5.41, 5.74) is 4.21. The number of nitrogens with zero attached hydrogens (tertiary/aromatic N) is 2. The van der Waals surface area contributed by atoms with Gasteiger partial charge in [0.1, 0.15) is 6.10 Å². The molecule has 2 atom stereocenters. The number of halogens is 1. The molecule has 172 valence electrons. The molecule has 0 aromatic heterocycles. The van der Waals surface area contributed by atoms with Crippen molar-refractivity contribution in [1.29, 1.82) is 0 Å². The maximum absolute atomic E-state index is 10.7. The topological polar surface area (TPSA) is 54.3 Å². The van der Waals surface area contributed by atoms with Crippen molar-refractivity contribution in [2.45, 2.75) is 31.8 Å². The maximum atomic E-state index is 10.7. The molecule has 0 amide bonds. The molecule has 1 aliphatic heterocycles. The smallest absolute Gasteiger partial charge is 0.145 e. The molecule has 3 aromatic carbocycles. The molecule has 0 fully saturated rings. The minimum Gasteiger partial charge on any atom is -0.390 e. The van der Waals surface area contributed by atoms with E-state index < -0.39 is 6.10 Å². The zero-order valence-electron chi connectivity index (χ0n) is 18.5. The van der Waals surface area contributed by atoms with E-state index >= 15 is 0 Å². The van der Waals surface area contributed by atoms with Crippen molar-refractivity contribution in [2.75, 3.05) is 19.7 Å². The molecule has 5 nitrogen and oxygen atoms in total. The maximum Gasteiger partial charge on any atom is 0.145 e. The highest BCUT2D eigenvalue weighted by Crippen LogP contribution is 2.19. The fourth-order valence-electron chi connectivity index (χ4n) is 3.95. The molecule has 0 unspecified atom stereocenters. The third kappa shape index (κ3) is 7.41. The van der Waals surface area contributed by atoms with Crippen LogP contribution in [-0.2, 0) is 22.7 Å². The summed E-state index contributed by atoms with van der Waals surface area (Å²) in [5, 5.41) is 15.7. The van der Waals surface area contributed by atoms with Gasteiger partial charge in [-0.15, -0.1) is 0 Å². The van der Waals surface area contributed by atoms with E-state index in [0.29, 0.717) is 31.3 Å². The number of ether oxygens (including phenoxy) is 1. The van der Waals surface area contributed by atoms with Crippen LogP contribution in [0.25, 0.3) is 0 Å². The van der Waals surface area contributed by atoms with E-state index in [1.165, 1.54) is 0 Å². The van der Waals surface area contributed by atoms with E-state index in [1.807, 2.05) is 84.9 Å². The van der Waals surface area contributed by atoms with E-state index in [2.05, 4.69) is 10.1 Å². The van der Waals surface area contributed by atoms with E-state index in [1.54, 1.807) is 0 Å². The molecule has 0 saturated carbocycles. The first-order valence-electron chi connectivity index (χ1n) is 11.2. The predicted octanol–water partition coefficient (Wildman–Crippen LogP) is 4.91. The molecule has 0 bridgehead atoms. The lowest BCUT2D eigenvalue weighted by Gasteiger charge is -2.27. The van der Waals surface area contributed by atoms with Crippen LogP contribution < -0.4 is 0 Å². The third-order valence-electron chi connectivity index (χ3n) is 5.49. The third-order valence-corrected chi connectivity index (χ3v) is 5.72. The van der Waals surface area contributed by atoms with E-state index in [9.17, 15) is 5.11 Å². The molecule has 6 heteroatoms. The summed E-state index contributed by atoms with van der Waals surface area (Å²) in [6.07, 6.45) is 0.0389. The number of aliphatic hydroxyl groups excluding tert-OH is 1. The van der Waals surface area contributed by atoms with Gasteiger partial charge in [0.25, 0.3) is 0 Å². The van der Waals surface area contributed by atoms with Gasteiger partial charge in [0.05, 0.1) is 25.0 Å². The van der Waals surface area contributed by atoms with Crippen LogP contribution in [0.15, 0.2) is 90.1 Å². The molecule has 0 saturated heterocycles. The van der Waals surface area contributed by atoms with Gasteiger partial charge in [-0.05, 0) is 28.8 Å². The Kier molecular flexibility index (Phi) is 8.50. The molecule has 1 aliphatic rings. The minimum atomic E-state index is -0.621. The standard InChI is InChI=1S/C27H29ClN2O3/c28-24-13-7-10-22(14-24)16-30(17-25(31)20-32-19-21-8-3-1-4-9-21)18-26-15-27(29-33-26)23-11-5-2-6-12-23/h1-14,25-26,31H,15-20H2/t25-,26+/m1/s1. The normalized spacial score (nSPS) is 16.5. The van der Waals surface area contributed by atoms with E-state index in [4.69, 9.17) is 21.2 Å². The van der Waals surface area contributed by atoms with Crippen LogP contribution in [-0.4, -0.2) is 47.6 Å². The van der Waals surface area contributed by atoms with Gasteiger partial charge in [-0.25, -0.2) is 0 Å². The summed E-state index contributed by atoms with van der Waals surface area (Å²) in [4.78, 5) is 7.92.